The lowest BCUT2D eigenvalue weighted by molar-refractivity contribution is 0.0405. The first-order chi connectivity index (χ1) is 12.2. The van der Waals surface area contributed by atoms with Gasteiger partial charge in [0.1, 0.15) is 11.4 Å². The van der Waals surface area contributed by atoms with Crippen LogP contribution in [-0.4, -0.2) is 39.8 Å². The van der Waals surface area contributed by atoms with Crippen LogP contribution >= 0.6 is 11.8 Å². The molecule has 8 heteroatoms. The van der Waals surface area contributed by atoms with Crippen LogP contribution in [0.5, 0.6) is 0 Å². The maximum Gasteiger partial charge on any atom is 0.416 e. The molecule has 1 aliphatic heterocycles. The van der Waals surface area contributed by atoms with Crippen molar-refractivity contribution in [3.8, 4) is 0 Å². The van der Waals surface area contributed by atoms with E-state index >= 15 is 0 Å². The van der Waals surface area contributed by atoms with Crippen LogP contribution in [0.3, 0.4) is 0 Å². The maximum atomic E-state index is 14.5. The van der Waals surface area contributed by atoms with E-state index in [2.05, 4.69) is 5.48 Å². The third kappa shape index (κ3) is 3.66. The lowest BCUT2D eigenvalue weighted by Gasteiger charge is -2.25. The number of amidine groups is 1. The molecule has 1 saturated carbocycles. The Labute approximate surface area is 156 Å². The molecule has 2 aliphatic rings. The number of fused-ring (bicyclic) bond motifs is 1. The lowest BCUT2D eigenvalue weighted by atomic mass is 10.0. The average molecular weight is 381 g/mol. The largest absolute Gasteiger partial charge is 0.443 e. The molecular weight excluding hydrogens is 357 g/mol. The minimum absolute atomic E-state index is 0.225. The van der Waals surface area contributed by atoms with Crippen molar-refractivity contribution in [2.24, 2.45) is 10.9 Å². The van der Waals surface area contributed by atoms with Gasteiger partial charge in [-0.05, 0) is 57.7 Å². The molecule has 1 heterocycles. The Morgan fingerprint density at radius 1 is 1.50 bits per heavy atom. The molecule has 0 saturated heterocycles. The van der Waals surface area contributed by atoms with Gasteiger partial charge < -0.3 is 4.74 Å². The van der Waals surface area contributed by atoms with E-state index in [0.29, 0.717) is 16.4 Å². The van der Waals surface area contributed by atoms with Gasteiger partial charge in [0, 0.05) is 18.4 Å². The smallest absolute Gasteiger partial charge is 0.416 e. The second-order valence-corrected chi connectivity index (χ2v) is 8.76. The summed E-state index contributed by atoms with van der Waals surface area (Å²) < 4.78 is 19.9. The molecule has 1 aromatic carbocycles. The Balaban J connectivity index is 1.94. The van der Waals surface area contributed by atoms with Crippen molar-refractivity contribution in [2.45, 2.75) is 44.8 Å². The van der Waals surface area contributed by atoms with Crippen LogP contribution in [0.25, 0.3) is 0 Å². The summed E-state index contributed by atoms with van der Waals surface area (Å²) in [5.41, 5.74) is 1.62. The Bertz CT molecular complexity index is 750. The molecule has 1 fully saturated rings. The number of aliphatic imine (C=N–C) groups is 1. The summed E-state index contributed by atoms with van der Waals surface area (Å²) in [6.45, 7) is 5.42. The van der Waals surface area contributed by atoms with Gasteiger partial charge in [-0.2, -0.15) is 0 Å². The normalized spacial score (nSPS) is 24.8. The van der Waals surface area contributed by atoms with E-state index in [0.717, 1.165) is 18.6 Å². The number of benzene rings is 1. The van der Waals surface area contributed by atoms with Gasteiger partial charge in [-0.15, -0.1) is 0 Å². The summed E-state index contributed by atoms with van der Waals surface area (Å²) in [6, 6.07) is 4.37. The summed E-state index contributed by atoms with van der Waals surface area (Å²) in [4.78, 5) is 18.6. The number of ether oxygens (including phenoxy) is 1. The van der Waals surface area contributed by atoms with Crippen LogP contribution in [0.1, 0.15) is 39.2 Å². The maximum absolute atomic E-state index is 14.5. The fraction of sp³-hybridized carbons (Fsp3) is 0.556. The molecule has 1 amide bonds. The zero-order chi connectivity index (χ0) is 19.1. The quantitative estimate of drug-likeness (QED) is 0.751. The van der Waals surface area contributed by atoms with Crippen molar-refractivity contribution < 1.29 is 19.1 Å². The Morgan fingerprint density at radius 3 is 2.88 bits per heavy atom. The van der Waals surface area contributed by atoms with E-state index in [1.165, 1.54) is 28.8 Å². The SMILES string of the molecule is CN(C(=O)OC(C)(C)C)C1=NC2(c3cc(NO)ccc3F)CC2CCS1. The second-order valence-electron chi connectivity index (χ2n) is 7.70. The summed E-state index contributed by atoms with van der Waals surface area (Å²) in [6.07, 6.45) is 1.13. The van der Waals surface area contributed by atoms with Gasteiger partial charge in [-0.1, -0.05) is 11.8 Å². The summed E-state index contributed by atoms with van der Waals surface area (Å²) in [7, 11) is 1.62. The molecule has 3 rings (SSSR count). The lowest BCUT2D eigenvalue weighted by Crippen LogP contribution is -2.37. The first kappa shape index (κ1) is 19.0. The highest BCUT2D eigenvalue weighted by molar-refractivity contribution is 8.13. The second kappa shape index (κ2) is 6.74. The van der Waals surface area contributed by atoms with Crippen LogP contribution < -0.4 is 5.48 Å². The summed E-state index contributed by atoms with van der Waals surface area (Å²) in [5.74, 6) is 0.669. The molecule has 1 aliphatic carbocycles. The molecule has 0 radical (unpaired) electrons. The fourth-order valence-electron chi connectivity index (χ4n) is 3.19. The van der Waals surface area contributed by atoms with E-state index in [1.54, 1.807) is 13.1 Å². The Kier molecular flexibility index (Phi) is 4.92. The number of thioether (sulfide) groups is 1. The number of amides is 1. The standard InChI is InChI=1S/C18H24FN3O3S/c1-17(2,3)25-16(23)22(4)15-20-18(10-11(18)7-8-26-15)13-9-12(21-24)5-6-14(13)19/h5-6,9,11,21,24H,7-8,10H2,1-4H3. The summed E-state index contributed by atoms with van der Waals surface area (Å²) >= 11 is 1.48. The molecule has 2 unspecified atom stereocenters. The Morgan fingerprint density at radius 2 is 2.23 bits per heavy atom. The Hall–Kier alpha value is -1.80. The van der Waals surface area contributed by atoms with Crippen molar-refractivity contribution in [2.75, 3.05) is 18.3 Å². The van der Waals surface area contributed by atoms with Gasteiger partial charge in [-0.3, -0.25) is 20.6 Å². The number of halogens is 1. The number of hydrogen-bond acceptors (Lipinski definition) is 6. The van der Waals surface area contributed by atoms with Crippen molar-refractivity contribution in [1.29, 1.82) is 0 Å². The number of carbonyl (C=O) groups excluding carboxylic acids is 1. The van der Waals surface area contributed by atoms with E-state index in [-0.39, 0.29) is 11.7 Å². The zero-order valence-corrected chi connectivity index (χ0v) is 16.2. The van der Waals surface area contributed by atoms with Crippen LogP contribution in [0.2, 0.25) is 0 Å². The molecule has 0 bridgehead atoms. The predicted molar refractivity (Wildman–Crippen MR) is 100 cm³/mol. The molecule has 26 heavy (non-hydrogen) atoms. The average Bonchev–Trinajstić information content (AvgIpc) is 3.27. The predicted octanol–water partition coefficient (Wildman–Crippen LogP) is 4.20. The first-order valence-corrected chi connectivity index (χ1v) is 9.54. The third-order valence-electron chi connectivity index (χ3n) is 4.58. The van der Waals surface area contributed by atoms with E-state index in [4.69, 9.17) is 14.9 Å². The third-order valence-corrected chi connectivity index (χ3v) is 5.64. The molecule has 6 nitrogen and oxygen atoms in total. The van der Waals surface area contributed by atoms with E-state index in [1.807, 2.05) is 20.8 Å². The summed E-state index contributed by atoms with van der Waals surface area (Å²) in [5, 5.41) is 9.67. The minimum atomic E-state index is -0.688. The number of hydrogen-bond donors (Lipinski definition) is 2. The van der Waals surface area contributed by atoms with Gasteiger partial charge in [0.2, 0.25) is 0 Å². The number of rotatable bonds is 2. The van der Waals surface area contributed by atoms with E-state index in [9.17, 15) is 9.18 Å². The molecule has 0 spiro atoms. The van der Waals surface area contributed by atoms with Crippen molar-refractivity contribution >= 4 is 28.7 Å². The topological polar surface area (TPSA) is 74.2 Å². The van der Waals surface area contributed by atoms with Gasteiger partial charge in [0.25, 0.3) is 0 Å². The van der Waals surface area contributed by atoms with E-state index < -0.39 is 17.2 Å². The molecular formula is C18H24FN3O3S. The molecule has 142 valence electrons. The van der Waals surface area contributed by atoms with Crippen LogP contribution in [0.15, 0.2) is 23.2 Å². The first-order valence-electron chi connectivity index (χ1n) is 8.56. The van der Waals surface area contributed by atoms with Gasteiger partial charge >= 0.3 is 6.09 Å². The molecule has 0 aromatic heterocycles. The highest BCUT2D eigenvalue weighted by Gasteiger charge is 2.58. The monoisotopic (exact) mass is 381 g/mol. The number of anilines is 1. The van der Waals surface area contributed by atoms with Crippen molar-refractivity contribution in [3.63, 3.8) is 0 Å². The van der Waals surface area contributed by atoms with Gasteiger partial charge in [0.15, 0.2) is 5.17 Å². The van der Waals surface area contributed by atoms with Gasteiger partial charge in [0.05, 0.1) is 11.2 Å². The highest BCUT2D eigenvalue weighted by Crippen LogP contribution is 2.60. The highest BCUT2D eigenvalue weighted by atomic mass is 32.2. The number of nitrogens with zero attached hydrogens (tertiary/aromatic N) is 2. The van der Waals surface area contributed by atoms with Crippen LogP contribution in [0, 0.1) is 11.7 Å². The number of nitrogens with one attached hydrogen (secondary N) is 1. The molecule has 2 atom stereocenters. The van der Waals surface area contributed by atoms with Crippen molar-refractivity contribution in [1.82, 2.24) is 4.90 Å². The van der Waals surface area contributed by atoms with Crippen molar-refractivity contribution in [3.05, 3.63) is 29.6 Å². The number of carbonyl (C=O) groups is 1. The molecule has 1 aromatic rings. The fourth-order valence-corrected chi connectivity index (χ4v) is 4.27. The van der Waals surface area contributed by atoms with Crippen LogP contribution in [-0.2, 0) is 10.3 Å². The van der Waals surface area contributed by atoms with Crippen LogP contribution in [0.4, 0.5) is 14.9 Å². The zero-order valence-electron chi connectivity index (χ0n) is 15.4. The molecule has 2 N–H and O–H groups in total. The van der Waals surface area contributed by atoms with Gasteiger partial charge in [-0.25, -0.2) is 9.18 Å². The minimum Gasteiger partial charge on any atom is -0.443 e.